The predicted octanol–water partition coefficient (Wildman–Crippen LogP) is 1.66. The molecule has 1 aromatic rings. The summed E-state index contributed by atoms with van der Waals surface area (Å²) in [5, 5.41) is 9.02. The number of nitrogens with zero attached hydrogens (tertiary/aromatic N) is 3. The first-order valence-electron chi connectivity index (χ1n) is 5.35. The van der Waals surface area contributed by atoms with Crippen molar-refractivity contribution in [2.24, 2.45) is 5.92 Å². The molecule has 1 heterocycles. The molecule has 0 saturated heterocycles. The maximum Gasteiger partial charge on any atom is 0.358 e. The van der Waals surface area contributed by atoms with E-state index in [1.54, 1.807) is 0 Å². The van der Waals surface area contributed by atoms with E-state index in [0.29, 0.717) is 11.7 Å². The quantitative estimate of drug-likeness (QED) is 0.822. The Morgan fingerprint density at radius 2 is 2.06 bits per heavy atom. The molecule has 0 saturated carbocycles. The van der Waals surface area contributed by atoms with Crippen molar-refractivity contribution in [3.05, 3.63) is 18.1 Å². The molecule has 0 spiro atoms. The first-order chi connectivity index (χ1) is 7.56. The highest BCUT2D eigenvalue weighted by atomic mass is 16.4. The summed E-state index contributed by atoms with van der Waals surface area (Å²) in [6, 6.07) is 0. The molecule has 1 N–H and O–H groups in total. The Balaban J connectivity index is 3.04. The molecule has 5 heteroatoms. The molecule has 88 valence electrons. The van der Waals surface area contributed by atoms with Crippen molar-refractivity contribution in [2.75, 3.05) is 18.0 Å². The van der Waals surface area contributed by atoms with Crippen LogP contribution in [-0.4, -0.2) is 34.1 Å². The van der Waals surface area contributed by atoms with Crippen LogP contribution >= 0.6 is 0 Å². The van der Waals surface area contributed by atoms with Gasteiger partial charge in [-0.3, -0.25) is 0 Å². The minimum Gasteiger partial charge on any atom is -0.476 e. The van der Waals surface area contributed by atoms with Crippen LogP contribution in [0.25, 0.3) is 0 Å². The van der Waals surface area contributed by atoms with Gasteiger partial charge < -0.3 is 10.0 Å². The largest absolute Gasteiger partial charge is 0.476 e. The van der Waals surface area contributed by atoms with Gasteiger partial charge >= 0.3 is 5.97 Å². The molecular weight excluding hydrogens is 206 g/mol. The third-order valence-electron chi connectivity index (χ3n) is 2.15. The van der Waals surface area contributed by atoms with Gasteiger partial charge in [0.15, 0.2) is 11.5 Å². The van der Waals surface area contributed by atoms with E-state index in [1.165, 1.54) is 12.4 Å². The van der Waals surface area contributed by atoms with Gasteiger partial charge in [-0.05, 0) is 12.8 Å². The van der Waals surface area contributed by atoms with E-state index in [-0.39, 0.29) is 5.69 Å². The van der Waals surface area contributed by atoms with Crippen molar-refractivity contribution in [1.29, 1.82) is 0 Å². The Morgan fingerprint density at radius 1 is 1.44 bits per heavy atom. The summed E-state index contributed by atoms with van der Waals surface area (Å²) in [5.41, 5.74) is 0.0185. The summed E-state index contributed by atoms with van der Waals surface area (Å²) < 4.78 is 0. The molecular formula is C11H17N3O2. The predicted molar refractivity (Wildman–Crippen MR) is 61.7 cm³/mol. The molecule has 0 aliphatic rings. The van der Waals surface area contributed by atoms with Gasteiger partial charge in [-0.15, -0.1) is 0 Å². The molecule has 0 aliphatic carbocycles. The second-order valence-electron chi connectivity index (χ2n) is 3.97. The summed E-state index contributed by atoms with van der Waals surface area (Å²) in [6.45, 7) is 7.63. The topological polar surface area (TPSA) is 66.3 Å². The molecule has 0 atom stereocenters. The van der Waals surface area contributed by atoms with Gasteiger partial charge in [0.25, 0.3) is 0 Å². The highest BCUT2D eigenvalue weighted by Gasteiger charge is 2.18. The molecule has 16 heavy (non-hydrogen) atoms. The third kappa shape index (κ3) is 2.92. The van der Waals surface area contributed by atoms with E-state index in [0.717, 1.165) is 13.1 Å². The molecule has 0 amide bonds. The van der Waals surface area contributed by atoms with Crippen molar-refractivity contribution in [3.8, 4) is 0 Å². The lowest BCUT2D eigenvalue weighted by Gasteiger charge is -2.24. The number of aromatic nitrogens is 2. The maximum atomic E-state index is 11.0. The lowest BCUT2D eigenvalue weighted by atomic mass is 10.2. The second kappa shape index (κ2) is 5.44. The zero-order chi connectivity index (χ0) is 12.1. The Kier molecular flexibility index (Phi) is 4.22. The van der Waals surface area contributed by atoms with E-state index >= 15 is 0 Å². The van der Waals surface area contributed by atoms with Crippen molar-refractivity contribution < 1.29 is 9.90 Å². The molecule has 0 fully saturated rings. The monoisotopic (exact) mass is 223 g/mol. The normalized spacial score (nSPS) is 10.5. The Bertz CT molecular complexity index is 366. The molecule has 0 radical (unpaired) electrons. The van der Waals surface area contributed by atoms with E-state index < -0.39 is 5.97 Å². The van der Waals surface area contributed by atoms with E-state index in [4.69, 9.17) is 5.11 Å². The van der Waals surface area contributed by atoms with Gasteiger partial charge in [-0.2, -0.15) is 0 Å². The van der Waals surface area contributed by atoms with Crippen molar-refractivity contribution in [3.63, 3.8) is 0 Å². The average molecular weight is 223 g/mol. The Hall–Kier alpha value is -1.65. The first kappa shape index (κ1) is 12.4. The summed E-state index contributed by atoms with van der Waals surface area (Å²) >= 11 is 0. The zero-order valence-corrected chi connectivity index (χ0v) is 9.84. The highest BCUT2D eigenvalue weighted by molar-refractivity contribution is 5.90. The molecule has 0 aromatic carbocycles. The number of hydrogen-bond donors (Lipinski definition) is 1. The molecule has 0 aliphatic heterocycles. The highest BCUT2D eigenvalue weighted by Crippen LogP contribution is 2.16. The summed E-state index contributed by atoms with van der Waals surface area (Å²) in [4.78, 5) is 20.9. The van der Waals surface area contributed by atoms with Crippen LogP contribution in [0.5, 0.6) is 0 Å². The van der Waals surface area contributed by atoms with Crippen LogP contribution in [-0.2, 0) is 0 Å². The van der Waals surface area contributed by atoms with Gasteiger partial charge in [0, 0.05) is 25.5 Å². The summed E-state index contributed by atoms with van der Waals surface area (Å²) in [6.07, 6.45) is 2.92. The van der Waals surface area contributed by atoms with Crippen LogP contribution in [0.2, 0.25) is 0 Å². The molecule has 0 unspecified atom stereocenters. The van der Waals surface area contributed by atoms with Crippen molar-refractivity contribution in [1.82, 2.24) is 9.97 Å². The smallest absolute Gasteiger partial charge is 0.358 e. The molecule has 5 nitrogen and oxygen atoms in total. The number of carboxylic acids is 1. The van der Waals surface area contributed by atoms with Gasteiger partial charge in [0.1, 0.15) is 0 Å². The second-order valence-corrected chi connectivity index (χ2v) is 3.97. The van der Waals surface area contributed by atoms with Crippen LogP contribution in [0.15, 0.2) is 12.4 Å². The van der Waals surface area contributed by atoms with Crippen LogP contribution < -0.4 is 4.90 Å². The Morgan fingerprint density at radius 3 is 2.56 bits per heavy atom. The number of carbonyl (C=O) groups is 1. The van der Waals surface area contributed by atoms with E-state index in [9.17, 15) is 4.79 Å². The minimum atomic E-state index is -1.04. The third-order valence-corrected chi connectivity index (χ3v) is 2.15. The van der Waals surface area contributed by atoms with Gasteiger partial charge in [-0.1, -0.05) is 13.8 Å². The van der Waals surface area contributed by atoms with Crippen LogP contribution in [0, 0.1) is 5.92 Å². The number of hydrogen-bond acceptors (Lipinski definition) is 4. The lowest BCUT2D eigenvalue weighted by Crippen LogP contribution is -2.30. The molecule has 1 aromatic heterocycles. The summed E-state index contributed by atoms with van der Waals surface area (Å²) in [5.74, 6) is -0.139. The van der Waals surface area contributed by atoms with E-state index in [1.807, 2.05) is 11.8 Å². The standard InChI is InChI=1S/C11H17N3O2/c1-4-14(7-8(2)3)10-9(11(15)16)12-5-6-13-10/h5-6,8H,4,7H2,1-3H3,(H,15,16). The van der Waals surface area contributed by atoms with Crippen LogP contribution in [0.3, 0.4) is 0 Å². The van der Waals surface area contributed by atoms with Gasteiger partial charge in [-0.25, -0.2) is 14.8 Å². The van der Waals surface area contributed by atoms with Crippen LogP contribution in [0.1, 0.15) is 31.3 Å². The number of rotatable bonds is 5. The van der Waals surface area contributed by atoms with E-state index in [2.05, 4.69) is 23.8 Å². The fraction of sp³-hybridized carbons (Fsp3) is 0.545. The lowest BCUT2D eigenvalue weighted by molar-refractivity contribution is 0.0690. The van der Waals surface area contributed by atoms with Crippen LogP contribution in [0.4, 0.5) is 5.82 Å². The molecule has 0 bridgehead atoms. The number of aromatic carboxylic acids is 1. The van der Waals surface area contributed by atoms with Gasteiger partial charge in [0.05, 0.1) is 0 Å². The maximum absolute atomic E-state index is 11.0. The van der Waals surface area contributed by atoms with Crippen molar-refractivity contribution >= 4 is 11.8 Å². The fourth-order valence-electron chi connectivity index (χ4n) is 1.52. The number of anilines is 1. The zero-order valence-electron chi connectivity index (χ0n) is 9.84. The van der Waals surface area contributed by atoms with Crippen molar-refractivity contribution in [2.45, 2.75) is 20.8 Å². The first-order valence-corrected chi connectivity index (χ1v) is 5.35. The van der Waals surface area contributed by atoms with Gasteiger partial charge in [0.2, 0.25) is 0 Å². The summed E-state index contributed by atoms with van der Waals surface area (Å²) in [7, 11) is 0. The number of carboxylic acid groups (broad SMARTS) is 1. The fourth-order valence-corrected chi connectivity index (χ4v) is 1.52. The molecule has 1 rings (SSSR count). The average Bonchev–Trinajstić information content (AvgIpc) is 2.25. The minimum absolute atomic E-state index is 0.0185. The Labute approximate surface area is 95.1 Å². The SMILES string of the molecule is CCN(CC(C)C)c1nccnc1C(=O)O.